The molecule has 25 heavy (non-hydrogen) atoms. The summed E-state index contributed by atoms with van der Waals surface area (Å²) < 4.78 is 26.5. The highest BCUT2D eigenvalue weighted by Gasteiger charge is 2.10. The van der Waals surface area contributed by atoms with Gasteiger partial charge in [-0.15, -0.1) is 0 Å². The van der Waals surface area contributed by atoms with Gasteiger partial charge in [-0.25, -0.2) is 23.7 Å². The molecule has 0 aliphatic heterocycles. The number of aromatic amines is 1. The lowest BCUT2D eigenvalue weighted by Crippen LogP contribution is -2.01. The minimum atomic E-state index is -0.939. The Bertz CT molecular complexity index is 1080. The largest absolute Gasteiger partial charge is 0.339 e. The Kier molecular flexibility index (Phi) is 3.57. The van der Waals surface area contributed by atoms with Crippen molar-refractivity contribution in [3.05, 3.63) is 60.1 Å². The van der Waals surface area contributed by atoms with Crippen LogP contribution >= 0.6 is 0 Å². The molecule has 124 valence electrons. The average molecular weight is 338 g/mol. The summed E-state index contributed by atoms with van der Waals surface area (Å²) in [4.78, 5) is 12.9. The van der Waals surface area contributed by atoms with Crippen LogP contribution in [0.15, 0.2) is 42.9 Å². The molecule has 0 saturated heterocycles. The molecule has 1 aromatic carbocycles. The van der Waals surface area contributed by atoms with Gasteiger partial charge < -0.3 is 5.32 Å². The number of rotatable bonds is 3. The van der Waals surface area contributed by atoms with Gasteiger partial charge in [-0.1, -0.05) is 0 Å². The van der Waals surface area contributed by atoms with Gasteiger partial charge in [-0.2, -0.15) is 5.10 Å². The molecule has 0 saturated carbocycles. The Balaban J connectivity index is 1.70. The van der Waals surface area contributed by atoms with E-state index in [1.165, 1.54) is 6.07 Å². The van der Waals surface area contributed by atoms with Crippen molar-refractivity contribution in [2.24, 2.45) is 0 Å². The number of anilines is 2. The van der Waals surface area contributed by atoms with Gasteiger partial charge in [-0.05, 0) is 31.2 Å². The van der Waals surface area contributed by atoms with E-state index in [1.807, 2.05) is 13.0 Å². The molecular formula is C17H12F2N6. The minimum absolute atomic E-state index is 0.296. The van der Waals surface area contributed by atoms with Crippen LogP contribution < -0.4 is 5.32 Å². The molecule has 0 aliphatic carbocycles. The molecule has 0 amide bonds. The van der Waals surface area contributed by atoms with Crippen molar-refractivity contribution in [1.82, 2.24) is 25.1 Å². The number of aromatic nitrogens is 5. The van der Waals surface area contributed by atoms with Crippen molar-refractivity contribution in [3.63, 3.8) is 0 Å². The molecule has 4 aromatic rings. The average Bonchev–Trinajstić information content (AvgIpc) is 3.07. The number of fused-ring (bicyclic) bond motifs is 1. The van der Waals surface area contributed by atoms with Gasteiger partial charge in [0.25, 0.3) is 0 Å². The summed E-state index contributed by atoms with van der Waals surface area (Å²) in [6.07, 6.45) is 4.95. The predicted molar refractivity (Wildman–Crippen MR) is 89.3 cm³/mol. The first-order chi connectivity index (χ1) is 12.1. The van der Waals surface area contributed by atoms with Crippen LogP contribution in [0.2, 0.25) is 0 Å². The summed E-state index contributed by atoms with van der Waals surface area (Å²) >= 11 is 0. The van der Waals surface area contributed by atoms with Crippen molar-refractivity contribution >= 4 is 22.5 Å². The van der Waals surface area contributed by atoms with Crippen LogP contribution in [0.1, 0.15) is 5.56 Å². The summed E-state index contributed by atoms with van der Waals surface area (Å²) in [6, 6.07) is 5.44. The number of hydrogen-bond donors (Lipinski definition) is 2. The van der Waals surface area contributed by atoms with Crippen LogP contribution in [-0.2, 0) is 0 Å². The first-order valence-electron chi connectivity index (χ1n) is 7.45. The third-order valence-corrected chi connectivity index (χ3v) is 3.70. The number of nitrogens with zero attached hydrogens (tertiary/aromatic N) is 4. The third kappa shape index (κ3) is 2.89. The van der Waals surface area contributed by atoms with Gasteiger partial charge in [0.05, 0.1) is 18.1 Å². The molecule has 3 heterocycles. The zero-order valence-corrected chi connectivity index (χ0v) is 13.1. The molecule has 0 bridgehead atoms. The maximum atomic E-state index is 13.4. The lowest BCUT2D eigenvalue weighted by atomic mass is 10.2. The highest BCUT2D eigenvalue weighted by atomic mass is 19.2. The predicted octanol–water partition coefficient (Wildman–Crippen LogP) is 3.75. The van der Waals surface area contributed by atoms with E-state index in [0.29, 0.717) is 22.9 Å². The molecule has 0 spiro atoms. The Morgan fingerprint density at radius 2 is 1.88 bits per heavy atom. The van der Waals surface area contributed by atoms with E-state index in [1.54, 1.807) is 18.6 Å². The number of hydrogen-bond acceptors (Lipinski definition) is 5. The lowest BCUT2D eigenvalue weighted by Gasteiger charge is -2.10. The molecule has 8 heteroatoms. The van der Waals surface area contributed by atoms with Gasteiger partial charge in [0.1, 0.15) is 5.82 Å². The molecule has 3 aromatic heterocycles. The molecule has 0 aliphatic rings. The maximum Gasteiger partial charge on any atom is 0.161 e. The molecule has 2 N–H and O–H groups in total. The second kappa shape index (κ2) is 5.90. The summed E-state index contributed by atoms with van der Waals surface area (Å²) in [5.74, 6) is -0.997. The van der Waals surface area contributed by atoms with Crippen LogP contribution in [0, 0.1) is 18.6 Å². The van der Waals surface area contributed by atoms with Crippen LogP contribution in [-0.4, -0.2) is 25.1 Å². The van der Waals surface area contributed by atoms with E-state index in [9.17, 15) is 8.78 Å². The number of nitrogens with one attached hydrogen (secondary N) is 2. The summed E-state index contributed by atoms with van der Waals surface area (Å²) in [5, 5.41) is 10.7. The number of pyridine rings is 1. The first kappa shape index (κ1) is 15.1. The van der Waals surface area contributed by atoms with E-state index in [-0.39, 0.29) is 0 Å². The fourth-order valence-electron chi connectivity index (χ4n) is 2.38. The molecule has 0 atom stereocenters. The normalized spacial score (nSPS) is 11.0. The van der Waals surface area contributed by atoms with E-state index in [2.05, 4.69) is 30.5 Å². The van der Waals surface area contributed by atoms with Crippen molar-refractivity contribution in [2.75, 3.05) is 5.32 Å². The van der Waals surface area contributed by atoms with Crippen molar-refractivity contribution in [2.45, 2.75) is 6.92 Å². The van der Waals surface area contributed by atoms with Crippen molar-refractivity contribution in [1.29, 1.82) is 0 Å². The fraction of sp³-hybridized carbons (Fsp3) is 0.0588. The molecule has 6 nitrogen and oxygen atoms in total. The third-order valence-electron chi connectivity index (χ3n) is 3.70. The van der Waals surface area contributed by atoms with Crippen LogP contribution in [0.25, 0.3) is 22.4 Å². The van der Waals surface area contributed by atoms with Crippen LogP contribution in [0.3, 0.4) is 0 Å². The van der Waals surface area contributed by atoms with Crippen LogP contribution in [0.4, 0.5) is 20.3 Å². The molecule has 0 unspecified atom stereocenters. The van der Waals surface area contributed by atoms with Crippen LogP contribution in [0.5, 0.6) is 0 Å². The van der Waals surface area contributed by atoms with Crippen molar-refractivity contribution in [3.8, 4) is 11.4 Å². The Hall–Kier alpha value is -3.42. The lowest BCUT2D eigenvalue weighted by molar-refractivity contribution is 0.509. The van der Waals surface area contributed by atoms with E-state index in [4.69, 9.17) is 0 Å². The van der Waals surface area contributed by atoms with Gasteiger partial charge in [0.15, 0.2) is 23.1 Å². The van der Waals surface area contributed by atoms with Crippen molar-refractivity contribution < 1.29 is 8.78 Å². The quantitative estimate of drug-likeness (QED) is 0.595. The molecule has 0 radical (unpaired) electrons. The van der Waals surface area contributed by atoms with Gasteiger partial charge >= 0.3 is 0 Å². The smallest absolute Gasteiger partial charge is 0.161 e. The Morgan fingerprint density at radius 3 is 2.72 bits per heavy atom. The zero-order valence-electron chi connectivity index (χ0n) is 13.1. The summed E-state index contributed by atoms with van der Waals surface area (Å²) in [5.41, 5.74) is 2.61. The Morgan fingerprint density at radius 1 is 1.00 bits per heavy atom. The fourth-order valence-corrected chi connectivity index (χ4v) is 2.38. The monoisotopic (exact) mass is 338 g/mol. The van der Waals surface area contributed by atoms with E-state index in [0.717, 1.165) is 28.8 Å². The van der Waals surface area contributed by atoms with Gasteiger partial charge in [0.2, 0.25) is 0 Å². The zero-order chi connectivity index (χ0) is 17.4. The standard InChI is InChI=1S/C17H12F2N6/c1-9-6-20-16(10-2-3-13(18)14(19)5-10)24-15(9)23-12-4-11-7-22-25-17(11)21-8-12/h2-8H,1H3,(H,20,23,24)(H,21,22,25). The first-order valence-corrected chi connectivity index (χ1v) is 7.45. The Labute approximate surface area is 141 Å². The second-order valence-corrected chi connectivity index (χ2v) is 5.51. The number of benzene rings is 1. The topological polar surface area (TPSA) is 79.4 Å². The number of aryl methyl sites for hydroxylation is 1. The molecule has 4 rings (SSSR count). The molecular weight excluding hydrogens is 326 g/mol. The van der Waals surface area contributed by atoms with E-state index < -0.39 is 11.6 Å². The summed E-state index contributed by atoms with van der Waals surface area (Å²) in [6.45, 7) is 1.85. The summed E-state index contributed by atoms with van der Waals surface area (Å²) in [7, 11) is 0. The number of H-pyrrole nitrogens is 1. The minimum Gasteiger partial charge on any atom is -0.339 e. The van der Waals surface area contributed by atoms with E-state index >= 15 is 0 Å². The maximum absolute atomic E-state index is 13.4. The molecule has 0 fully saturated rings. The SMILES string of the molecule is Cc1cnc(-c2ccc(F)c(F)c2)nc1Nc1cnc2[nH]ncc2c1. The van der Waals surface area contributed by atoms with Gasteiger partial charge in [-0.3, -0.25) is 5.10 Å². The van der Waals surface area contributed by atoms with Gasteiger partial charge in [0, 0.05) is 22.7 Å². The number of halogens is 2. The highest BCUT2D eigenvalue weighted by molar-refractivity contribution is 5.78. The highest BCUT2D eigenvalue weighted by Crippen LogP contribution is 2.24. The second-order valence-electron chi connectivity index (χ2n) is 5.51.